The van der Waals surface area contributed by atoms with Crippen LogP contribution in [0.25, 0.3) is 10.9 Å². The number of piperidine rings is 1. The van der Waals surface area contributed by atoms with Crippen LogP contribution in [-0.2, 0) is 7.05 Å². The van der Waals surface area contributed by atoms with Gasteiger partial charge in [0.25, 0.3) is 0 Å². The van der Waals surface area contributed by atoms with Gasteiger partial charge in [-0.1, -0.05) is 18.2 Å². The van der Waals surface area contributed by atoms with Gasteiger partial charge in [0, 0.05) is 43.3 Å². The Bertz CT molecular complexity index is 666. The molecule has 0 saturated carbocycles. The third-order valence-corrected chi connectivity index (χ3v) is 4.60. The number of nitrogens with zero attached hydrogens (tertiary/aromatic N) is 2. The standard InChI is InChI=1S/C18H25N3O/c1-13(2)19-18(22)21-10-8-14(9-11-21)17-12-15-6-4-5-7-16(15)20(17)3/h4-7,12-14H,8-11H2,1-3H3,(H,19,22). The molecule has 3 rings (SSSR count). The molecule has 2 heterocycles. The highest BCUT2D eigenvalue weighted by Crippen LogP contribution is 2.31. The van der Waals surface area contributed by atoms with Crippen LogP contribution in [0.5, 0.6) is 0 Å². The molecule has 118 valence electrons. The molecule has 1 aromatic carbocycles. The Kier molecular flexibility index (Phi) is 4.10. The Morgan fingerprint density at radius 1 is 1.23 bits per heavy atom. The molecule has 1 aromatic heterocycles. The highest BCUT2D eigenvalue weighted by atomic mass is 16.2. The van der Waals surface area contributed by atoms with Gasteiger partial charge in [0.1, 0.15) is 0 Å². The van der Waals surface area contributed by atoms with Gasteiger partial charge < -0.3 is 14.8 Å². The van der Waals surface area contributed by atoms with Crippen LogP contribution in [0.4, 0.5) is 4.79 Å². The van der Waals surface area contributed by atoms with Crippen LogP contribution in [0.1, 0.15) is 38.3 Å². The lowest BCUT2D eigenvalue weighted by molar-refractivity contribution is 0.178. The molecule has 1 fully saturated rings. The fourth-order valence-electron chi connectivity index (χ4n) is 3.42. The minimum absolute atomic E-state index is 0.0745. The number of aromatic nitrogens is 1. The number of hydrogen-bond donors (Lipinski definition) is 1. The lowest BCUT2D eigenvalue weighted by Crippen LogP contribution is -2.46. The van der Waals surface area contributed by atoms with Gasteiger partial charge in [-0.25, -0.2) is 4.79 Å². The molecule has 0 atom stereocenters. The summed E-state index contributed by atoms with van der Waals surface area (Å²) >= 11 is 0. The molecule has 2 amide bonds. The molecule has 4 nitrogen and oxygen atoms in total. The first-order valence-electron chi connectivity index (χ1n) is 8.16. The normalized spacial score (nSPS) is 16.5. The van der Waals surface area contributed by atoms with E-state index in [1.165, 1.54) is 16.6 Å². The second-order valence-electron chi connectivity index (χ2n) is 6.55. The van der Waals surface area contributed by atoms with Crippen molar-refractivity contribution < 1.29 is 4.79 Å². The van der Waals surface area contributed by atoms with E-state index < -0.39 is 0 Å². The van der Waals surface area contributed by atoms with E-state index in [1.54, 1.807) is 0 Å². The highest BCUT2D eigenvalue weighted by Gasteiger charge is 2.25. The zero-order chi connectivity index (χ0) is 15.7. The quantitative estimate of drug-likeness (QED) is 0.905. The van der Waals surface area contributed by atoms with Gasteiger partial charge in [0.2, 0.25) is 0 Å². The van der Waals surface area contributed by atoms with Crippen molar-refractivity contribution in [1.82, 2.24) is 14.8 Å². The number of carbonyl (C=O) groups excluding carboxylic acids is 1. The average molecular weight is 299 g/mol. The van der Waals surface area contributed by atoms with Crippen molar-refractivity contribution in [3.8, 4) is 0 Å². The lowest BCUT2D eigenvalue weighted by Gasteiger charge is -2.32. The van der Waals surface area contributed by atoms with Crippen LogP contribution in [0.3, 0.4) is 0 Å². The van der Waals surface area contributed by atoms with E-state index >= 15 is 0 Å². The summed E-state index contributed by atoms with van der Waals surface area (Å²) in [5.41, 5.74) is 2.68. The Hall–Kier alpha value is -1.97. The first-order valence-corrected chi connectivity index (χ1v) is 8.16. The summed E-state index contributed by atoms with van der Waals surface area (Å²) < 4.78 is 2.31. The molecule has 1 N–H and O–H groups in total. The van der Waals surface area contributed by atoms with Crippen LogP contribution >= 0.6 is 0 Å². The van der Waals surface area contributed by atoms with Gasteiger partial charge in [-0.15, -0.1) is 0 Å². The molecule has 4 heteroatoms. The van der Waals surface area contributed by atoms with Gasteiger partial charge in [-0.05, 0) is 44.2 Å². The minimum Gasteiger partial charge on any atom is -0.347 e. The average Bonchev–Trinajstić information content (AvgIpc) is 2.84. The van der Waals surface area contributed by atoms with Gasteiger partial charge >= 0.3 is 6.03 Å². The molecular formula is C18H25N3O. The summed E-state index contributed by atoms with van der Waals surface area (Å²) in [6.45, 7) is 5.68. The zero-order valence-electron chi connectivity index (χ0n) is 13.7. The smallest absolute Gasteiger partial charge is 0.317 e. The van der Waals surface area contributed by atoms with Gasteiger partial charge in [0.15, 0.2) is 0 Å². The van der Waals surface area contributed by atoms with Crippen LogP contribution in [0, 0.1) is 0 Å². The summed E-state index contributed by atoms with van der Waals surface area (Å²) in [7, 11) is 2.15. The van der Waals surface area contributed by atoms with Crippen molar-refractivity contribution in [3.05, 3.63) is 36.0 Å². The van der Waals surface area contributed by atoms with Crippen LogP contribution in [-0.4, -0.2) is 34.6 Å². The van der Waals surface area contributed by atoms with Crippen molar-refractivity contribution in [2.45, 2.75) is 38.6 Å². The molecular weight excluding hydrogens is 274 g/mol. The number of para-hydroxylation sites is 1. The second kappa shape index (κ2) is 6.03. The number of likely N-dealkylation sites (tertiary alicyclic amines) is 1. The van der Waals surface area contributed by atoms with Crippen molar-refractivity contribution in [2.24, 2.45) is 7.05 Å². The van der Waals surface area contributed by atoms with E-state index in [2.05, 4.69) is 47.3 Å². The van der Waals surface area contributed by atoms with Gasteiger partial charge in [0.05, 0.1) is 0 Å². The highest BCUT2D eigenvalue weighted by molar-refractivity contribution is 5.81. The number of amides is 2. The summed E-state index contributed by atoms with van der Waals surface area (Å²) in [5, 5.41) is 4.29. The van der Waals surface area contributed by atoms with E-state index in [0.29, 0.717) is 5.92 Å². The number of carbonyl (C=O) groups is 1. The third-order valence-electron chi connectivity index (χ3n) is 4.60. The number of rotatable bonds is 2. The molecule has 1 saturated heterocycles. The van der Waals surface area contributed by atoms with Gasteiger partial charge in [-0.3, -0.25) is 0 Å². The van der Waals surface area contributed by atoms with Crippen LogP contribution in [0.15, 0.2) is 30.3 Å². The SMILES string of the molecule is CC(C)NC(=O)N1CCC(c2cc3ccccc3n2C)CC1. The molecule has 1 aliphatic rings. The maximum atomic E-state index is 12.1. The molecule has 2 aromatic rings. The Morgan fingerprint density at radius 2 is 1.91 bits per heavy atom. The number of benzene rings is 1. The first-order chi connectivity index (χ1) is 10.6. The molecule has 0 radical (unpaired) electrons. The molecule has 0 aliphatic carbocycles. The minimum atomic E-state index is 0.0745. The fourth-order valence-corrected chi connectivity index (χ4v) is 3.42. The predicted octanol–water partition coefficient (Wildman–Crippen LogP) is 3.48. The number of fused-ring (bicyclic) bond motifs is 1. The van der Waals surface area contributed by atoms with E-state index in [1.807, 2.05) is 18.7 Å². The Balaban J connectivity index is 1.70. The van der Waals surface area contributed by atoms with E-state index in [4.69, 9.17) is 0 Å². The predicted molar refractivity (Wildman–Crippen MR) is 90.1 cm³/mol. The third kappa shape index (κ3) is 2.82. The van der Waals surface area contributed by atoms with E-state index in [-0.39, 0.29) is 12.1 Å². The zero-order valence-corrected chi connectivity index (χ0v) is 13.7. The number of nitrogens with one attached hydrogen (secondary N) is 1. The van der Waals surface area contributed by atoms with E-state index in [9.17, 15) is 4.79 Å². The Morgan fingerprint density at radius 3 is 2.55 bits per heavy atom. The molecule has 0 spiro atoms. The molecule has 0 unspecified atom stereocenters. The van der Waals surface area contributed by atoms with Crippen molar-refractivity contribution in [2.75, 3.05) is 13.1 Å². The van der Waals surface area contributed by atoms with Crippen LogP contribution < -0.4 is 5.32 Å². The van der Waals surface area contributed by atoms with E-state index in [0.717, 1.165) is 25.9 Å². The topological polar surface area (TPSA) is 37.3 Å². The first kappa shape index (κ1) is 14.9. The fraction of sp³-hybridized carbons (Fsp3) is 0.500. The number of hydrogen-bond acceptors (Lipinski definition) is 1. The van der Waals surface area contributed by atoms with Crippen molar-refractivity contribution >= 4 is 16.9 Å². The molecule has 0 bridgehead atoms. The summed E-state index contributed by atoms with van der Waals surface area (Å²) in [6.07, 6.45) is 2.07. The van der Waals surface area contributed by atoms with Crippen molar-refractivity contribution in [3.63, 3.8) is 0 Å². The maximum absolute atomic E-state index is 12.1. The van der Waals surface area contributed by atoms with Gasteiger partial charge in [-0.2, -0.15) is 0 Å². The summed E-state index contributed by atoms with van der Waals surface area (Å²) in [6, 6.07) is 11.1. The monoisotopic (exact) mass is 299 g/mol. The van der Waals surface area contributed by atoms with Crippen LogP contribution in [0.2, 0.25) is 0 Å². The Labute approximate surface area is 132 Å². The maximum Gasteiger partial charge on any atom is 0.317 e. The van der Waals surface area contributed by atoms with Crippen molar-refractivity contribution in [1.29, 1.82) is 0 Å². The lowest BCUT2D eigenvalue weighted by atomic mass is 9.93. The largest absolute Gasteiger partial charge is 0.347 e. The summed E-state index contributed by atoms with van der Waals surface area (Å²) in [5.74, 6) is 0.542. The number of aryl methyl sites for hydroxylation is 1. The molecule has 1 aliphatic heterocycles. The summed E-state index contributed by atoms with van der Waals surface area (Å²) in [4.78, 5) is 14.0. The molecule has 22 heavy (non-hydrogen) atoms. The second-order valence-corrected chi connectivity index (χ2v) is 6.55. The number of urea groups is 1.